The van der Waals surface area contributed by atoms with Gasteiger partial charge in [0.1, 0.15) is 0 Å². The fraction of sp³-hybridized carbons (Fsp3) is 1.00. The molecule has 0 aromatic carbocycles. The Hall–Kier alpha value is -0.0800. The molecule has 0 spiro atoms. The van der Waals surface area contributed by atoms with Crippen molar-refractivity contribution in [3.05, 3.63) is 0 Å². The van der Waals surface area contributed by atoms with Crippen molar-refractivity contribution in [2.75, 3.05) is 26.7 Å². The molecule has 2 aliphatic heterocycles. The van der Waals surface area contributed by atoms with Gasteiger partial charge in [-0.25, -0.2) is 0 Å². The number of hydrogen-bond donors (Lipinski definition) is 0. The minimum Gasteiger partial charge on any atom is -0.303 e. The molecule has 0 bridgehead atoms. The van der Waals surface area contributed by atoms with E-state index in [0.717, 1.165) is 29.8 Å². The molecule has 2 heteroatoms. The smallest absolute Gasteiger partial charge is 0.00980 e. The number of hydrogen-bond acceptors (Lipinski definition) is 2. The SMILES string of the molecule is CC(C)C1CCN(C)C(C[C@@H]2CCCN(C(C)C)C2)C1. The highest BCUT2D eigenvalue weighted by molar-refractivity contribution is 4.85. The van der Waals surface area contributed by atoms with Gasteiger partial charge in [0.05, 0.1) is 0 Å². The van der Waals surface area contributed by atoms with Crippen LogP contribution >= 0.6 is 0 Å². The molecule has 2 saturated heterocycles. The predicted molar refractivity (Wildman–Crippen MR) is 88.0 cm³/mol. The van der Waals surface area contributed by atoms with E-state index in [4.69, 9.17) is 0 Å². The molecular formula is C18H36N2. The summed E-state index contributed by atoms with van der Waals surface area (Å²) in [5, 5.41) is 0. The summed E-state index contributed by atoms with van der Waals surface area (Å²) in [5.74, 6) is 2.76. The van der Waals surface area contributed by atoms with Crippen LogP contribution in [-0.2, 0) is 0 Å². The predicted octanol–water partition coefficient (Wildman–Crippen LogP) is 3.86. The summed E-state index contributed by atoms with van der Waals surface area (Å²) in [6.45, 7) is 13.5. The Labute approximate surface area is 126 Å². The summed E-state index contributed by atoms with van der Waals surface area (Å²) in [4.78, 5) is 5.34. The van der Waals surface area contributed by atoms with Crippen molar-refractivity contribution >= 4 is 0 Å². The Balaban J connectivity index is 1.87. The first-order valence-electron chi connectivity index (χ1n) is 8.91. The number of rotatable bonds is 4. The van der Waals surface area contributed by atoms with Gasteiger partial charge in [0, 0.05) is 18.6 Å². The van der Waals surface area contributed by atoms with E-state index < -0.39 is 0 Å². The second-order valence-corrected chi connectivity index (χ2v) is 8.00. The standard InChI is InChI=1S/C18H36N2/c1-14(2)17-8-10-19(5)18(12-17)11-16-7-6-9-20(13-16)15(3)4/h14-18H,6-13H2,1-5H3/t16-,17?,18?/m0/s1. The van der Waals surface area contributed by atoms with Gasteiger partial charge >= 0.3 is 0 Å². The molecule has 2 heterocycles. The first kappa shape index (κ1) is 16.3. The Kier molecular flexibility index (Phi) is 5.92. The van der Waals surface area contributed by atoms with Crippen molar-refractivity contribution in [3.63, 3.8) is 0 Å². The Bertz CT molecular complexity index is 287. The molecule has 3 atom stereocenters. The topological polar surface area (TPSA) is 6.48 Å². The Morgan fingerprint density at radius 2 is 1.80 bits per heavy atom. The van der Waals surface area contributed by atoms with E-state index in [1.54, 1.807) is 0 Å². The number of likely N-dealkylation sites (tertiary alicyclic amines) is 2. The minimum absolute atomic E-state index is 0.727. The third-order valence-electron chi connectivity index (χ3n) is 5.88. The van der Waals surface area contributed by atoms with Crippen LogP contribution in [0.5, 0.6) is 0 Å². The van der Waals surface area contributed by atoms with Crippen LogP contribution in [0.4, 0.5) is 0 Å². The molecule has 118 valence electrons. The van der Waals surface area contributed by atoms with Crippen molar-refractivity contribution in [1.29, 1.82) is 0 Å². The van der Waals surface area contributed by atoms with Gasteiger partial charge in [0.15, 0.2) is 0 Å². The molecular weight excluding hydrogens is 244 g/mol. The van der Waals surface area contributed by atoms with Gasteiger partial charge in [0.2, 0.25) is 0 Å². The lowest BCUT2D eigenvalue weighted by Crippen LogP contribution is -2.45. The summed E-state index contributed by atoms with van der Waals surface area (Å²) in [6, 6.07) is 1.57. The average molecular weight is 281 g/mol. The number of piperidine rings is 2. The molecule has 0 N–H and O–H groups in total. The quantitative estimate of drug-likeness (QED) is 0.771. The molecule has 0 amide bonds. The lowest BCUT2D eigenvalue weighted by Gasteiger charge is -2.42. The Morgan fingerprint density at radius 3 is 2.45 bits per heavy atom. The Morgan fingerprint density at radius 1 is 1.05 bits per heavy atom. The molecule has 20 heavy (non-hydrogen) atoms. The van der Waals surface area contributed by atoms with Crippen LogP contribution in [0.15, 0.2) is 0 Å². The first-order valence-corrected chi connectivity index (χ1v) is 8.91. The summed E-state index contributed by atoms with van der Waals surface area (Å²) in [5.41, 5.74) is 0. The van der Waals surface area contributed by atoms with Crippen molar-refractivity contribution in [2.24, 2.45) is 17.8 Å². The van der Waals surface area contributed by atoms with E-state index in [1.807, 2.05) is 0 Å². The zero-order valence-corrected chi connectivity index (χ0v) is 14.4. The maximum atomic E-state index is 2.69. The molecule has 0 aromatic rings. The maximum absolute atomic E-state index is 2.69. The normalized spacial score (nSPS) is 34.0. The van der Waals surface area contributed by atoms with Gasteiger partial charge in [-0.1, -0.05) is 13.8 Å². The van der Waals surface area contributed by atoms with Crippen molar-refractivity contribution in [1.82, 2.24) is 9.80 Å². The molecule has 2 nitrogen and oxygen atoms in total. The first-order chi connectivity index (χ1) is 9.47. The van der Waals surface area contributed by atoms with E-state index in [1.165, 1.54) is 51.7 Å². The van der Waals surface area contributed by atoms with Crippen LogP contribution in [-0.4, -0.2) is 48.6 Å². The fourth-order valence-corrected chi connectivity index (χ4v) is 4.22. The fourth-order valence-electron chi connectivity index (χ4n) is 4.22. The van der Waals surface area contributed by atoms with E-state index >= 15 is 0 Å². The molecule has 2 fully saturated rings. The van der Waals surface area contributed by atoms with Crippen LogP contribution in [0.1, 0.15) is 59.8 Å². The lowest BCUT2D eigenvalue weighted by atomic mass is 9.79. The number of nitrogens with zero attached hydrogens (tertiary/aromatic N) is 2. The van der Waals surface area contributed by atoms with Gasteiger partial charge in [-0.05, 0) is 83.8 Å². The van der Waals surface area contributed by atoms with Crippen LogP contribution in [0.25, 0.3) is 0 Å². The van der Waals surface area contributed by atoms with Gasteiger partial charge in [0.25, 0.3) is 0 Å². The van der Waals surface area contributed by atoms with Crippen LogP contribution in [0.3, 0.4) is 0 Å². The molecule has 0 saturated carbocycles. The van der Waals surface area contributed by atoms with Crippen LogP contribution in [0.2, 0.25) is 0 Å². The highest BCUT2D eigenvalue weighted by Gasteiger charge is 2.31. The van der Waals surface area contributed by atoms with E-state index in [2.05, 4.69) is 44.5 Å². The van der Waals surface area contributed by atoms with Gasteiger partial charge in [-0.2, -0.15) is 0 Å². The highest BCUT2D eigenvalue weighted by atomic mass is 15.2. The second-order valence-electron chi connectivity index (χ2n) is 8.00. The second kappa shape index (κ2) is 7.26. The molecule has 0 aliphatic carbocycles. The zero-order valence-electron chi connectivity index (χ0n) is 14.4. The van der Waals surface area contributed by atoms with Gasteiger partial charge < -0.3 is 9.80 Å². The molecule has 0 aromatic heterocycles. The third-order valence-corrected chi connectivity index (χ3v) is 5.88. The van der Waals surface area contributed by atoms with Crippen LogP contribution in [0, 0.1) is 17.8 Å². The molecule has 2 aliphatic rings. The highest BCUT2D eigenvalue weighted by Crippen LogP contribution is 2.33. The molecule has 2 unspecified atom stereocenters. The monoisotopic (exact) mass is 280 g/mol. The van der Waals surface area contributed by atoms with Crippen molar-refractivity contribution in [3.8, 4) is 0 Å². The van der Waals surface area contributed by atoms with E-state index in [-0.39, 0.29) is 0 Å². The van der Waals surface area contributed by atoms with Gasteiger partial charge in [-0.3, -0.25) is 0 Å². The maximum Gasteiger partial charge on any atom is 0.00980 e. The largest absolute Gasteiger partial charge is 0.303 e. The molecule has 2 rings (SSSR count). The van der Waals surface area contributed by atoms with Crippen molar-refractivity contribution < 1.29 is 0 Å². The zero-order chi connectivity index (χ0) is 14.7. The summed E-state index contributed by atoms with van der Waals surface area (Å²) < 4.78 is 0. The molecule has 0 radical (unpaired) electrons. The van der Waals surface area contributed by atoms with E-state index in [9.17, 15) is 0 Å². The van der Waals surface area contributed by atoms with E-state index in [0.29, 0.717) is 0 Å². The average Bonchev–Trinajstić information content (AvgIpc) is 2.41. The van der Waals surface area contributed by atoms with Crippen LogP contribution < -0.4 is 0 Å². The summed E-state index contributed by atoms with van der Waals surface area (Å²) in [6.07, 6.45) is 7.15. The van der Waals surface area contributed by atoms with Gasteiger partial charge in [-0.15, -0.1) is 0 Å². The summed E-state index contributed by atoms with van der Waals surface area (Å²) in [7, 11) is 2.35. The third kappa shape index (κ3) is 4.21. The minimum atomic E-state index is 0.727. The lowest BCUT2D eigenvalue weighted by molar-refractivity contribution is 0.0721. The summed E-state index contributed by atoms with van der Waals surface area (Å²) >= 11 is 0. The van der Waals surface area contributed by atoms with Crippen molar-refractivity contribution in [2.45, 2.75) is 71.9 Å².